The van der Waals surface area contributed by atoms with Crippen LogP contribution in [0.4, 0.5) is 0 Å². The van der Waals surface area contributed by atoms with Gasteiger partial charge in [-0.1, -0.05) is 18.2 Å². The van der Waals surface area contributed by atoms with E-state index in [9.17, 15) is 14.4 Å². The van der Waals surface area contributed by atoms with Crippen molar-refractivity contribution in [2.75, 3.05) is 6.61 Å². The molecule has 5 heteroatoms. The van der Waals surface area contributed by atoms with Crippen LogP contribution in [0.15, 0.2) is 30.3 Å². The number of esters is 3. The summed E-state index contributed by atoms with van der Waals surface area (Å²) in [7, 11) is 0. The first kappa shape index (κ1) is 11.9. The minimum absolute atomic E-state index is 0.332. The van der Waals surface area contributed by atoms with Gasteiger partial charge in [0.2, 0.25) is 0 Å². The Kier molecular flexibility index (Phi) is 4.20. The van der Waals surface area contributed by atoms with E-state index in [0.717, 1.165) is 6.92 Å². The first-order valence-corrected chi connectivity index (χ1v) is 4.53. The van der Waals surface area contributed by atoms with Crippen LogP contribution in [0.5, 0.6) is 0 Å². The molecule has 0 bridgehead atoms. The molecule has 0 aliphatic carbocycles. The second-order valence-corrected chi connectivity index (χ2v) is 2.91. The molecule has 0 atom stereocenters. The largest absolute Gasteiger partial charge is 0.450 e. The SMILES string of the molecule is CC(=O)OC(=O)COC(=O)c1ccccc1. The number of rotatable bonds is 3. The van der Waals surface area contributed by atoms with Crippen molar-refractivity contribution in [2.45, 2.75) is 6.92 Å². The average molecular weight is 222 g/mol. The zero-order valence-corrected chi connectivity index (χ0v) is 8.64. The number of carbonyl (C=O) groups is 3. The summed E-state index contributed by atoms with van der Waals surface area (Å²) in [6.07, 6.45) is 0. The maximum absolute atomic E-state index is 11.3. The molecule has 1 aromatic rings. The van der Waals surface area contributed by atoms with Gasteiger partial charge in [0.1, 0.15) is 0 Å². The van der Waals surface area contributed by atoms with E-state index in [1.54, 1.807) is 30.3 Å². The third-order valence-electron chi connectivity index (χ3n) is 1.59. The van der Waals surface area contributed by atoms with Crippen LogP contribution in [0, 0.1) is 0 Å². The Labute approximate surface area is 92.0 Å². The van der Waals surface area contributed by atoms with Gasteiger partial charge in [0.05, 0.1) is 5.56 Å². The smallest absolute Gasteiger partial charge is 0.351 e. The molecule has 16 heavy (non-hydrogen) atoms. The summed E-state index contributed by atoms with van der Waals surface area (Å²) in [5.74, 6) is -2.27. The van der Waals surface area contributed by atoms with E-state index in [2.05, 4.69) is 9.47 Å². The summed E-state index contributed by atoms with van der Waals surface area (Å²) in [6, 6.07) is 8.20. The van der Waals surface area contributed by atoms with Crippen molar-refractivity contribution in [1.82, 2.24) is 0 Å². The number of hydrogen-bond acceptors (Lipinski definition) is 5. The van der Waals surface area contributed by atoms with Crippen LogP contribution in [-0.4, -0.2) is 24.5 Å². The molecule has 0 fully saturated rings. The van der Waals surface area contributed by atoms with Gasteiger partial charge in [-0.2, -0.15) is 0 Å². The zero-order chi connectivity index (χ0) is 12.0. The van der Waals surface area contributed by atoms with Gasteiger partial charge in [-0.25, -0.2) is 9.59 Å². The lowest BCUT2D eigenvalue weighted by molar-refractivity contribution is -0.160. The highest BCUT2D eigenvalue weighted by Gasteiger charge is 2.11. The molecule has 0 heterocycles. The van der Waals surface area contributed by atoms with E-state index >= 15 is 0 Å². The fraction of sp³-hybridized carbons (Fsp3) is 0.182. The maximum Gasteiger partial charge on any atom is 0.351 e. The van der Waals surface area contributed by atoms with E-state index < -0.39 is 24.5 Å². The Bertz CT molecular complexity index is 396. The number of ether oxygens (including phenoxy) is 2. The third kappa shape index (κ3) is 3.91. The topological polar surface area (TPSA) is 69.7 Å². The van der Waals surface area contributed by atoms with Gasteiger partial charge in [-0.3, -0.25) is 4.79 Å². The Morgan fingerprint density at radius 1 is 1.12 bits per heavy atom. The molecule has 0 unspecified atom stereocenters. The van der Waals surface area contributed by atoms with Gasteiger partial charge in [0.25, 0.3) is 0 Å². The van der Waals surface area contributed by atoms with Gasteiger partial charge in [0.15, 0.2) is 6.61 Å². The molecule has 84 valence electrons. The Morgan fingerprint density at radius 3 is 2.31 bits per heavy atom. The summed E-state index contributed by atoms with van der Waals surface area (Å²) in [5.41, 5.74) is 0.332. The molecule has 0 saturated heterocycles. The lowest BCUT2D eigenvalue weighted by Gasteiger charge is -2.03. The van der Waals surface area contributed by atoms with E-state index in [-0.39, 0.29) is 0 Å². The first-order valence-electron chi connectivity index (χ1n) is 4.53. The Morgan fingerprint density at radius 2 is 1.75 bits per heavy atom. The van der Waals surface area contributed by atoms with Crippen molar-refractivity contribution in [1.29, 1.82) is 0 Å². The van der Waals surface area contributed by atoms with E-state index in [1.807, 2.05) is 0 Å². The molecule has 5 nitrogen and oxygen atoms in total. The summed E-state index contributed by atoms with van der Waals surface area (Å²) in [5, 5.41) is 0. The minimum atomic E-state index is -0.892. The van der Waals surface area contributed by atoms with Crippen LogP contribution in [0.2, 0.25) is 0 Å². The highest BCUT2D eigenvalue weighted by Crippen LogP contribution is 2.00. The van der Waals surface area contributed by atoms with Crippen molar-refractivity contribution in [3.8, 4) is 0 Å². The molecule has 0 N–H and O–H groups in total. The van der Waals surface area contributed by atoms with Crippen LogP contribution in [0.25, 0.3) is 0 Å². The van der Waals surface area contributed by atoms with Gasteiger partial charge >= 0.3 is 17.9 Å². The summed E-state index contributed by atoms with van der Waals surface area (Å²) >= 11 is 0. The van der Waals surface area contributed by atoms with Crippen LogP contribution in [0.3, 0.4) is 0 Å². The van der Waals surface area contributed by atoms with E-state index in [0.29, 0.717) is 5.56 Å². The molecule has 1 rings (SSSR count). The van der Waals surface area contributed by atoms with Crippen LogP contribution in [-0.2, 0) is 19.1 Å². The molecular weight excluding hydrogens is 212 g/mol. The molecule has 0 amide bonds. The number of hydrogen-bond donors (Lipinski definition) is 0. The van der Waals surface area contributed by atoms with E-state index in [1.165, 1.54) is 0 Å². The Hall–Kier alpha value is -2.17. The van der Waals surface area contributed by atoms with Crippen LogP contribution >= 0.6 is 0 Å². The predicted molar refractivity (Wildman–Crippen MR) is 53.5 cm³/mol. The fourth-order valence-corrected chi connectivity index (χ4v) is 0.972. The standard InChI is InChI=1S/C11H10O5/c1-8(12)16-10(13)7-15-11(14)9-5-3-2-4-6-9/h2-6H,7H2,1H3. The quantitative estimate of drug-likeness (QED) is 0.562. The van der Waals surface area contributed by atoms with Gasteiger partial charge in [-0.15, -0.1) is 0 Å². The van der Waals surface area contributed by atoms with Gasteiger partial charge in [-0.05, 0) is 12.1 Å². The lowest BCUT2D eigenvalue weighted by atomic mass is 10.2. The third-order valence-corrected chi connectivity index (χ3v) is 1.59. The first-order chi connectivity index (χ1) is 7.59. The lowest BCUT2D eigenvalue weighted by Crippen LogP contribution is -2.18. The highest BCUT2D eigenvalue weighted by molar-refractivity contribution is 5.91. The molecule has 0 saturated carbocycles. The zero-order valence-electron chi connectivity index (χ0n) is 8.64. The molecule has 0 aliphatic rings. The van der Waals surface area contributed by atoms with Crippen molar-refractivity contribution in [3.63, 3.8) is 0 Å². The predicted octanol–water partition coefficient (Wildman–Crippen LogP) is 0.933. The monoisotopic (exact) mass is 222 g/mol. The molecule has 0 radical (unpaired) electrons. The summed E-state index contributed by atoms with van der Waals surface area (Å²) < 4.78 is 8.81. The van der Waals surface area contributed by atoms with Crippen molar-refractivity contribution in [2.24, 2.45) is 0 Å². The van der Waals surface area contributed by atoms with Crippen molar-refractivity contribution in [3.05, 3.63) is 35.9 Å². The van der Waals surface area contributed by atoms with Crippen molar-refractivity contribution >= 4 is 17.9 Å². The Balaban J connectivity index is 2.42. The second kappa shape index (κ2) is 5.65. The maximum atomic E-state index is 11.3. The molecular formula is C11H10O5. The van der Waals surface area contributed by atoms with E-state index in [4.69, 9.17) is 0 Å². The normalized spacial score (nSPS) is 9.31. The van der Waals surface area contributed by atoms with Gasteiger partial charge < -0.3 is 9.47 Å². The molecule has 0 aliphatic heterocycles. The van der Waals surface area contributed by atoms with Gasteiger partial charge in [0, 0.05) is 6.92 Å². The number of benzene rings is 1. The summed E-state index contributed by atoms with van der Waals surface area (Å²) in [6.45, 7) is 0.518. The average Bonchev–Trinajstić information content (AvgIpc) is 2.26. The summed E-state index contributed by atoms with van der Waals surface area (Å²) in [4.78, 5) is 32.6. The molecule has 0 spiro atoms. The molecule has 0 aromatic heterocycles. The molecule has 1 aromatic carbocycles. The minimum Gasteiger partial charge on any atom is -0.450 e. The van der Waals surface area contributed by atoms with Crippen molar-refractivity contribution < 1.29 is 23.9 Å². The van der Waals surface area contributed by atoms with Crippen LogP contribution < -0.4 is 0 Å². The fourth-order valence-electron chi connectivity index (χ4n) is 0.972. The highest BCUT2D eigenvalue weighted by atomic mass is 16.6. The number of carbonyl (C=O) groups excluding carboxylic acids is 3. The van der Waals surface area contributed by atoms with Crippen LogP contribution in [0.1, 0.15) is 17.3 Å². The second-order valence-electron chi connectivity index (χ2n) is 2.91.